The maximum Gasteiger partial charge on any atom is 0.137 e. The molecule has 0 aliphatic rings. The highest BCUT2D eigenvalue weighted by Crippen LogP contribution is 2.29. The molecule has 0 saturated carbocycles. The molecule has 0 aliphatic carbocycles. The number of carbonyl (C=O) groups excluding carboxylic acids is 5. The van der Waals surface area contributed by atoms with E-state index in [1.165, 1.54) is 6.07 Å². The fourth-order valence-corrected chi connectivity index (χ4v) is 4.54. The van der Waals surface area contributed by atoms with Crippen LogP contribution in [-0.2, 0) is 34.1 Å². The Labute approximate surface area is 252 Å². The molecule has 1 atom stereocenters. The van der Waals surface area contributed by atoms with Crippen LogP contribution < -0.4 is 35.0 Å². The Morgan fingerprint density at radius 3 is 1.75 bits per heavy atom. The van der Waals surface area contributed by atoms with Gasteiger partial charge in [0.05, 0.1) is 47.4 Å². The smallest absolute Gasteiger partial charge is 0.137 e. The normalized spacial score (nSPS) is 12.3. The van der Waals surface area contributed by atoms with Crippen molar-refractivity contribution in [2.75, 3.05) is 65.6 Å². The van der Waals surface area contributed by atoms with E-state index in [-0.39, 0.29) is 25.4 Å². The van der Waals surface area contributed by atoms with Gasteiger partial charge in [0.25, 0.3) is 0 Å². The number of carbonyl (C=O) groups is 5. The Morgan fingerprint density at radius 2 is 1.27 bits per heavy atom. The van der Waals surface area contributed by atoms with Gasteiger partial charge in [-0.25, -0.2) is 8.42 Å². The van der Waals surface area contributed by atoms with Crippen LogP contribution in [-0.4, -0.2) is 129 Å². The number of rotatable bonds is 24. The predicted molar refractivity (Wildman–Crippen MR) is 134 cm³/mol. The molecule has 0 spiro atoms. The second-order valence-electron chi connectivity index (χ2n) is 9.44. The van der Waals surface area contributed by atoms with Crippen molar-refractivity contribution in [3.8, 4) is 11.5 Å². The third kappa shape index (κ3) is 15.4. The standard InChI is InChI=1S/C25H37N3O15S/c1-2-3-8-42-18-4-5-19(20(9-18)44(39,40)41)43-16-17(28(14-24(35)36)15-25(37)38)10-26(11-21(29)30)6-7-27(12-22(31)32)13-23(33)34/h4-5,9,17H,2-3,6-8,10-16H2,1H3,(H,29,30)(H,31,32)(H,33,34)(H,35,36)(H,37,38)(H,39,40,41)/p-6. The maximum absolute atomic E-state index is 12.0. The lowest BCUT2D eigenvalue weighted by Gasteiger charge is -2.37. The molecule has 0 fully saturated rings. The van der Waals surface area contributed by atoms with Gasteiger partial charge in [0.2, 0.25) is 0 Å². The van der Waals surface area contributed by atoms with E-state index < -0.39 is 103 Å². The van der Waals surface area contributed by atoms with Crippen LogP contribution >= 0.6 is 0 Å². The van der Waals surface area contributed by atoms with E-state index in [2.05, 4.69) is 0 Å². The minimum absolute atomic E-state index is 0.0325. The molecule has 0 aliphatic heterocycles. The van der Waals surface area contributed by atoms with Gasteiger partial charge in [-0.15, -0.1) is 0 Å². The molecule has 0 radical (unpaired) electrons. The number of carboxylic acids is 5. The number of ether oxygens (including phenoxy) is 2. The molecule has 0 heterocycles. The van der Waals surface area contributed by atoms with Crippen molar-refractivity contribution in [2.24, 2.45) is 0 Å². The Bertz CT molecular complexity index is 1230. The number of aliphatic carboxylic acids is 5. The zero-order chi connectivity index (χ0) is 33.4. The lowest BCUT2D eigenvalue weighted by Crippen LogP contribution is -2.56. The molecule has 19 heteroatoms. The lowest BCUT2D eigenvalue weighted by molar-refractivity contribution is -0.313. The van der Waals surface area contributed by atoms with E-state index in [4.69, 9.17) is 9.47 Å². The van der Waals surface area contributed by atoms with Gasteiger partial charge in [-0.2, -0.15) is 0 Å². The summed E-state index contributed by atoms with van der Waals surface area (Å²) in [6.07, 6.45) is 1.40. The minimum atomic E-state index is -5.15. The number of hydrogen-bond acceptors (Lipinski definition) is 18. The largest absolute Gasteiger partial charge is 0.744 e. The van der Waals surface area contributed by atoms with Gasteiger partial charge in [-0.05, 0) is 18.6 Å². The van der Waals surface area contributed by atoms with E-state index in [1.54, 1.807) is 0 Å². The van der Waals surface area contributed by atoms with Gasteiger partial charge in [-0.3, -0.25) is 14.7 Å². The van der Waals surface area contributed by atoms with Gasteiger partial charge in [0.15, 0.2) is 0 Å². The zero-order valence-electron chi connectivity index (χ0n) is 23.7. The lowest BCUT2D eigenvalue weighted by atomic mass is 10.2. The van der Waals surface area contributed by atoms with Crippen LogP contribution in [0, 0.1) is 0 Å². The van der Waals surface area contributed by atoms with Crippen molar-refractivity contribution in [3.05, 3.63) is 18.2 Å². The van der Waals surface area contributed by atoms with Crippen LogP contribution in [0.1, 0.15) is 19.8 Å². The SMILES string of the molecule is CCCCOc1ccc(OCC(CN(CCN(CC(=O)[O-])CC(=O)[O-])CC(=O)[O-])N(CC(=O)[O-])CC(=O)[O-])c(S(=O)(=O)[O-])c1. The van der Waals surface area contributed by atoms with Crippen LogP contribution in [0.5, 0.6) is 11.5 Å². The molecular formula is C25H31N3O15S-6. The molecule has 0 saturated heterocycles. The van der Waals surface area contributed by atoms with Gasteiger partial charge < -0.3 is 63.5 Å². The van der Waals surface area contributed by atoms with Crippen molar-refractivity contribution < 1.29 is 71.9 Å². The predicted octanol–water partition coefficient (Wildman–Crippen LogP) is -7.83. The summed E-state index contributed by atoms with van der Waals surface area (Å²) < 4.78 is 46.8. The van der Waals surface area contributed by atoms with Crippen LogP contribution in [0.3, 0.4) is 0 Å². The highest BCUT2D eigenvalue weighted by Gasteiger charge is 2.25. The van der Waals surface area contributed by atoms with Gasteiger partial charge >= 0.3 is 0 Å². The summed E-state index contributed by atoms with van der Waals surface area (Å²) in [4.78, 5) is 58.0. The molecule has 0 bridgehead atoms. The highest BCUT2D eigenvalue weighted by molar-refractivity contribution is 7.85. The number of nitrogens with zero attached hydrogens (tertiary/aromatic N) is 3. The first kappa shape index (κ1) is 38.0. The highest BCUT2D eigenvalue weighted by atomic mass is 32.2. The van der Waals surface area contributed by atoms with Crippen LogP contribution in [0.15, 0.2) is 23.1 Å². The van der Waals surface area contributed by atoms with E-state index in [1.807, 2.05) is 6.92 Å². The number of carboxylic acid groups (broad SMARTS) is 5. The Morgan fingerprint density at radius 1 is 0.773 bits per heavy atom. The second kappa shape index (κ2) is 18.6. The number of unbranched alkanes of at least 4 members (excludes halogenated alkanes) is 1. The van der Waals surface area contributed by atoms with E-state index >= 15 is 0 Å². The average Bonchev–Trinajstić information content (AvgIpc) is 2.87. The van der Waals surface area contributed by atoms with Crippen LogP contribution in [0.25, 0.3) is 0 Å². The third-order valence-electron chi connectivity index (χ3n) is 5.82. The molecule has 1 aromatic rings. The van der Waals surface area contributed by atoms with Crippen molar-refractivity contribution >= 4 is 40.0 Å². The molecule has 18 nitrogen and oxygen atoms in total. The molecule has 0 N–H and O–H groups in total. The molecule has 0 aromatic heterocycles. The first-order chi connectivity index (χ1) is 20.5. The van der Waals surface area contributed by atoms with Crippen molar-refractivity contribution in [1.82, 2.24) is 14.7 Å². The van der Waals surface area contributed by atoms with E-state index in [9.17, 15) is 62.5 Å². The molecule has 1 aromatic carbocycles. The van der Waals surface area contributed by atoms with Crippen molar-refractivity contribution in [1.29, 1.82) is 0 Å². The zero-order valence-corrected chi connectivity index (χ0v) is 24.5. The number of hydrogen-bond donors (Lipinski definition) is 0. The number of benzene rings is 1. The maximum atomic E-state index is 12.0. The molecule has 1 unspecified atom stereocenters. The van der Waals surface area contributed by atoms with E-state index in [0.29, 0.717) is 6.42 Å². The molecule has 248 valence electrons. The van der Waals surface area contributed by atoms with Gasteiger partial charge in [0, 0.05) is 58.4 Å². The van der Waals surface area contributed by atoms with Crippen molar-refractivity contribution in [2.45, 2.75) is 30.7 Å². The summed E-state index contributed by atoms with van der Waals surface area (Å²) in [6.45, 7) is -4.61. The second-order valence-corrected chi connectivity index (χ2v) is 10.8. The molecule has 44 heavy (non-hydrogen) atoms. The molecule has 1 rings (SSSR count). The monoisotopic (exact) mass is 645 g/mol. The first-order valence-electron chi connectivity index (χ1n) is 13.0. The topological polar surface area (TPSA) is 286 Å². The van der Waals surface area contributed by atoms with Crippen molar-refractivity contribution in [3.63, 3.8) is 0 Å². The summed E-state index contributed by atoms with van der Waals surface area (Å²) in [5, 5.41) is 56.2. The third-order valence-corrected chi connectivity index (χ3v) is 6.68. The minimum Gasteiger partial charge on any atom is -0.744 e. The Hall–Kier alpha value is -4.04. The average molecular weight is 646 g/mol. The molecule has 0 amide bonds. The Balaban J connectivity index is 3.38. The Kier molecular flexibility index (Phi) is 16.0. The summed E-state index contributed by atoms with van der Waals surface area (Å²) in [7, 11) is -5.15. The first-order valence-corrected chi connectivity index (χ1v) is 14.5. The molecular weight excluding hydrogens is 614 g/mol. The fraction of sp³-hybridized carbons (Fsp3) is 0.560. The summed E-state index contributed by atoms with van der Waals surface area (Å²) >= 11 is 0. The van der Waals surface area contributed by atoms with Crippen LogP contribution in [0.4, 0.5) is 0 Å². The fourth-order valence-electron chi connectivity index (χ4n) is 3.91. The summed E-state index contributed by atoms with van der Waals surface area (Å²) in [5.41, 5.74) is 0. The van der Waals surface area contributed by atoms with Crippen LogP contribution in [0.2, 0.25) is 0 Å². The van der Waals surface area contributed by atoms with Gasteiger partial charge in [0.1, 0.15) is 28.2 Å². The summed E-state index contributed by atoms with van der Waals surface area (Å²) in [5.74, 6) is -8.95. The summed E-state index contributed by atoms with van der Waals surface area (Å²) in [6, 6.07) is 1.92. The van der Waals surface area contributed by atoms with Gasteiger partial charge in [-0.1, -0.05) is 13.3 Å². The van der Waals surface area contributed by atoms with E-state index in [0.717, 1.165) is 33.3 Å². The quantitative estimate of drug-likeness (QED) is 0.0744.